The Kier molecular flexibility index (Phi) is 5.11. The van der Waals surface area contributed by atoms with Gasteiger partial charge in [-0.25, -0.2) is 0 Å². The van der Waals surface area contributed by atoms with Crippen molar-refractivity contribution >= 4 is 0 Å². The van der Waals surface area contributed by atoms with Crippen LogP contribution in [-0.4, -0.2) is 5.11 Å². The molecule has 0 aliphatic heterocycles. The molecule has 0 fully saturated rings. The molecule has 4 aromatic rings. The normalized spacial score (nSPS) is 10.3. The highest BCUT2D eigenvalue weighted by Gasteiger charge is 2.04. The molecule has 4 rings (SSSR count). The third-order valence-corrected chi connectivity index (χ3v) is 3.88. The van der Waals surface area contributed by atoms with Gasteiger partial charge in [0.1, 0.15) is 40.2 Å². The van der Waals surface area contributed by atoms with E-state index in [9.17, 15) is 5.11 Å². The van der Waals surface area contributed by atoms with E-state index in [1.807, 2.05) is 72.8 Å². The fraction of sp³-hybridized carbons (Fsp3) is 0. The summed E-state index contributed by atoms with van der Waals surface area (Å²) in [6.07, 6.45) is 0. The summed E-state index contributed by atoms with van der Waals surface area (Å²) in [4.78, 5) is 0. The van der Waals surface area contributed by atoms with Crippen molar-refractivity contribution in [3.8, 4) is 40.2 Å². The highest BCUT2D eigenvalue weighted by atomic mass is 16.5. The van der Waals surface area contributed by atoms with E-state index >= 15 is 0 Å². The lowest BCUT2D eigenvalue weighted by Gasteiger charge is -2.11. The Morgan fingerprint density at radius 1 is 0.393 bits per heavy atom. The quantitative estimate of drug-likeness (QED) is 0.407. The number of para-hydroxylation sites is 1. The van der Waals surface area contributed by atoms with Gasteiger partial charge in [-0.2, -0.15) is 0 Å². The Hall–Kier alpha value is -3.92. The number of hydrogen-bond acceptors (Lipinski definition) is 4. The van der Waals surface area contributed by atoms with Crippen molar-refractivity contribution in [2.24, 2.45) is 0 Å². The molecule has 0 aromatic heterocycles. The first-order valence-corrected chi connectivity index (χ1v) is 8.82. The van der Waals surface area contributed by atoms with E-state index in [1.165, 1.54) is 0 Å². The van der Waals surface area contributed by atoms with Crippen molar-refractivity contribution in [2.45, 2.75) is 0 Å². The molecule has 0 aliphatic carbocycles. The summed E-state index contributed by atoms with van der Waals surface area (Å²) >= 11 is 0. The zero-order chi connectivity index (χ0) is 19.2. The molecule has 0 aliphatic rings. The average Bonchev–Trinajstić information content (AvgIpc) is 2.69. The van der Waals surface area contributed by atoms with Gasteiger partial charge in [-0.3, -0.25) is 0 Å². The van der Waals surface area contributed by atoms with E-state index in [2.05, 4.69) is 0 Å². The number of rotatable bonds is 6. The summed E-state index contributed by atoms with van der Waals surface area (Å²) in [6.45, 7) is 0. The van der Waals surface area contributed by atoms with Crippen molar-refractivity contribution in [3.63, 3.8) is 0 Å². The summed E-state index contributed by atoms with van der Waals surface area (Å²) in [6, 6.07) is 31.0. The first-order chi connectivity index (χ1) is 13.7. The van der Waals surface area contributed by atoms with E-state index in [-0.39, 0.29) is 5.75 Å². The van der Waals surface area contributed by atoms with Crippen LogP contribution in [0, 0.1) is 0 Å². The van der Waals surface area contributed by atoms with Crippen LogP contribution in [0.25, 0.3) is 0 Å². The molecular formula is C24H18O4. The number of ether oxygens (including phenoxy) is 3. The first-order valence-electron chi connectivity index (χ1n) is 8.82. The van der Waals surface area contributed by atoms with Crippen molar-refractivity contribution in [3.05, 3.63) is 103 Å². The minimum atomic E-state index is 0.153. The third kappa shape index (κ3) is 4.62. The zero-order valence-electron chi connectivity index (χ0n) is 15.0. The molecule has 0 bridgehead atoms. The predicted molar refractivity (Wildman–Crippen MR) is 108 cm³/mol. The molecule has 4 nitrogen and oxygen atoms in total. The lowest BCUT2D eigenvalue weighted by atomic mass is 10.3. The molecule has 0 saturated heterocycles. The zero-order valence-corrected chi connectivity index (χ0v) is 15.0. The van der Waals surface area contributed by atoms with Gasteiger partial charge in [0.15, 0.2) is 0 Å². The van der Waals surface area contributed by atoms with Crippen molar-refractivity contribution in [1.29, 1.82) is 0 Å². The fourth-order valence-corrected chi connectivity index (χ4v) is 2.65. The van der Waals surface area contributed by atoms with Gasteiger partial charge in [0.2, 0.25) is 0 Å². The molecule has 0 amide bonds. The molecule has 0 spiro atoms. The van der Waals surface area contributed by atoms with Gasteiger partial charge in [0.05, 0.1) is 0 Å². The molecule has 138 valence electrons. The second-order valence-corrected chi connectivity index (χ2v) is 6.07. The van der Waals surface area contributed by atoms with Gasteiger partial charge in [0, 0.05) is 18.2 Å². The maximum atomic E-state index is 9.56. The third-order valence-electron chi connectivity index (χ3n) is 3.88. The van der Waals surface area contributed by atoms with Crippen LogP contribution in [0.1, 0.15) is 0 Å². The number of phenolic OH excluding ortho intramolecular Hbond substituents is 1. The first kappa shape index (κ1) is 17.5. The number of benzene rings is 4. The second-order valence-electron chi connectivity index (χ2n) is 6.07. The maximum Gasteiger partial charge on any atom is 0.131 e. The number of hydrogen-bond donors (Lipinski definition) is 1. The highest BCUT2D eigenvalue weighted by Crippen LogP contribution is 2.31. The Morgan fingerprint density at radius 2 is 0.786 bits per heavy atom. The van der Waals surface area contributed by atoms with Crippen LogP contribution in [0.4, 0.5) is 0 Å². The van der Waals surface area contributed by atoms with Gasteiger partial charge in [0.25, 0.3) is 0 Å². The van der Waals surface area contributed by atoms with E-state index in [1.54, 1.807) is 30.3 Å². The Labute approximate surface area is 163 Å². The van der Waals surface area contributed by atoms with E-state index in [0.29, 0.717) is 28.7 Å². The highest BCUT2D eigenvalue weighted by molar-refractivity contribution is 5.42. The molecule has 0 atom stereocenters. The van der Waals surface area contributed by atoms with Crippen LogP contribution in [0.15, 0.2) is 103 Å². The molecule has 4 heteroatoms. The lowest BCUT2D eigenvalue weighted by Crippen LogP contribution is -1.88. The molecule has 1 N–H and O–H groups in total. The molecule has 28 heavy (non-hydrogen) atoms. The molecule has 0 heterocycles. The van der Waals surface area contributed by atoms with E-state index < -0.39 is 0 Å². The summed E-state index contributed by atoms with van der Waals surface area (Å²) in [5, 5.41) is 9.56. The van der Waals surface area contributed by atoms with Gasteiger partial charge in [-0.15, -0.1) is 0 Å². The minimum absolute atomic E-state index is 0.153. The Morgan fingerprint density at radius 3 is 1.29 bits per heavy atom. The fourth-order valence-electron chi connectivity index (χ4n) is 2.65. The summed E-state index contributed by atoms with van der Waals surface area (Å²) in [7, 11) is 0. The molecule has 0 unspecified atom stereocenters. The van der Waals surface area contributed by atoms with Crippen LogP contribution in [0.3, 0.4) is 0 Å². The average molecular weight is 370 g/mol. The SMILES string of the molecule is Oc1cccc(Oc2cccc(Oc3cccc(Oc4ccccc4)c3)c2)c1. The second kappa shape index (κ2) is 8.18. The monoisotopic (exact) mass is 370 g/mol. The molecule has 0 radical (unpaired) electrons. The van der Waals surface area contributed by atoms with Crippen molar-refractivity contribution in [1.82, 2.24) is 0 Å². The predicted octanol–water partition coefficient (Wildman–Crippen LogP) is 6.77. The van der Waals surface area contributed by atoms with Crippen LogP contribution < -0.4 is 14.2 Å². The largest absolute Gasteiger partial charge is 0.508 e. The molecule has 0 saturated carbocycles. The topological polar surface area (TPSA) is 47.9 Å². The van der Waals surface area contributed by atoms with E-state index in [0.717, 1.165) is 5.75 Å². The minimum Gasteiger partial charge on any atom is -0.508 e. The Balaban J connectivity index is 1.48. The summed E-state index contributed by atoms with van der Waals surface area (Å²) in [5.74, 6) is 4.06. The van der Waals surface area contributed by atoms with Crippen molar-refractivity contribution < 1.29 is 19.3 Å². The molecular weight excluding hydrogens is 352 g/mol. The van der Waals surface area contributed by atoms with Crippen LogP contribution in [0.5, 0.6) is 40.2 Å². The maximum absolute atomic E-state index is 9.56. The van der Waals surface area contributed by atoms with Crippen LogP contribution in [0.2, 0.25) is 0 Å². The standard InChI is InChI=1S/C24H18O4/c25-18-7-4-10-20(15-18)27-22-12-6-14-24(17-22)28-23-13-5-11-21(16-23)26-19-8-2-1-3-9-19/h1-17,25H. The smallest absolute Gasteiger partial charge is 0.131 e. The van der Waals surface area contributed by atoms with Gasteiger partial charge in [-0.1, -0.05) is 36.4 Å². The Bertz CT molecular complexity index is 1060. The molecule has 4 aromatic carbocycles. The number of aromatic hydroxyl groups is 1. The van der Waals surface area contributed by atoms with Crippen LogP contribution in [-0.2, 0) is 0 Å². The van der Waals surface area contributed by atoms with Gasteiger partial charge in [-0.05, 0) is 48.5 Å². The van der Waals surface area contributed by atoms with Crippen LogP contribution >= 0.6 is 0 Å². The number of phenols is 1. The van der Waals surface area contributed by atoms with Gasteiger partial charge < -0.3 is 19.3 Å². The van der Waals surface area contributed by atoms with Gasteiger partial charge >= 0.3 is 0 Å². The summed E-state index contributed by atoms with van der Waals surface area (Å²) < 4.78 is 17.6. The van der Waals surface area contributed by atoms with Crippen molar-refractivity contribution in [2.75, 3.05) is 0 Å². The lowest BCUT2D eigenvalue weighted by molar-refractivity contribution is 0.445. The summed E-state index contributed by atoms with van der Waals surface area (Å²) in [5.41, 5.74) is 0. The van der Waals surface area contributed by atoms with E-state index in [4.69, 9.17) is 14.2 Å².